The fraction of sp³-hybridized carbons (Fsp3) is 0.391. The summed E-state index contributed by atoms with van der Waals surface area (Å²) < 4.78 is 0. The van der Waals surface area contributed by atoms with Crippen LogP contribution in [0.5, 0.6) is 0 Å². The summed E-state index contributed by atoms with van der Waals surface area (Å²) in [5, 5.41) is 6.31. The lowest BCUT2D eigenvalue weighted by Gasteiger charge is -2.33. The standard InChI is InChI=1S/C23H28N4O2S/c1-16-3-5-17(6-4-16)14-30-15-21-22(28)25-20-13-18(7-8-19(20)24-21)23(29)27-11-9-26(2)10-12-27/h3-8,13,21,24H,9-12,14-15H2,1-2H3,(H,25,28). The number of nitrogens with zero attached hydrogens (tertiary/aromatic N) is 2. The predicted octanol–water partition coefficient (Wildman–Crippen LogP) is 3.05. The molecule has 6 nitrogen and oxygen atoms in total. The van der Waals surface area contributed by atoms with E-state index in [1.54, 1.807) is 17.8 Å². The molecule has 0 aromatic heterocycles. The number of rotatable bonds is 5. The number of nitrogens with one attached hydrogen (secondary N) is 2. The van der Waals surface area contributed by atoms with Crippen LogP contribution in [0.1, 0.15) is 21.5 Å². The maximum absolute atomic E-state index is 12.8. The number of benzene rings is 2. The van der Waals surface area contributed by atoms with Crippen molar-refractivity contribution in [1.82, 2.24) is 9.80 Å². The zero-order valence-electron chi connectivity index (χ0n) is 17.5. The van der Waals surface area contributed by atoms with E-state index in [2.05, 4.69) is 53.8 Å². The van der Waals surface area contributed by atoms with E-state index >= 15 is 0 Å². The van der Waals surface area contributed by atoms with Crippen molar-refractivity contribution in [2.45, 2.75) is 18.7 Å². The summed E-state index contributed by atoms with van der Waals surface area (Å²) in [5.74, 6) is 1.53. The highest BCUT2D eigenvalue weighted by Crippen LogP contribution is 2.29. The molecule has 2 aliphatic rings. The number of carbonyl (C=O) groups excluding carboxylic acids is 2. The minimum absolute atomic E-state index is 0.0240. The summed E-state index contributed by atoms with van der Waals surface area (Å²) in [5.41, 5.74) is 4.67. The third kappa shape index (κ3) is 4.79. The Kier molecular flexibility index (Phi) is 6.29. The summed E-state index contributed by atoms with van der Waals surface area (Å²) in [7, 11) is 2.07. The molecule has 1 fully saturated rings. The molecule has 2 N–H and O–H groups in total. The maximum Gasteiger partial charge on any atom is 0.254 e. The largest absolute Gasteiger partial charge is 0.371 e. The SMILES string of the molecule is Cc1ccc(CSCC2Nc3ccc(C(=O)N4CCN(C)CC4)cc3NC2=O)cc1. The molecule has 0 bridgehead atoms. The van der Waals surface area contributed by atoms with Gasteiger partial charge >= 0.3 is 0 Å². The molecule has 158 valence electrons. The molecule has 2 aliphatic heterocycles. The summed E-state index contributed by atoms with van der Waals surface area (Å²) in [4.78, 5) is 29.5. The second-order valence-corrected chi connectivity index (χ2v) is 9.07. The van der Waals surface area contributed by atoms with Gasteiger partial charge in [-0.15, -0.1) is 0 Å². The van der Waals surface area contributed by atoms with E-state index in [1.807, 2.05) is 17.0 Å². The minimum Gasteiger partial charge on any atom is -0.371 e. The van der Waals surface area contributed by atoms with Crippen LogP contribution in [0, 0.1) is 6.92 Å². The fourth-order valence-electron chi connectivity index (χ4n) is 3.67. The molecule has 0 spiro atoms. The van der Waals surface area contributed by atoms with Crippen LogP contribution in [0.2, 0.25) is 0 Å². The van der Waals surface area contributed by atoms with Gasteiger partial charge in [0.15, 0.2) is 0 Å². The van der Waals surface area contributed by atoms with Gasteiger partial charge in [-0.25, -0.2) is 0 Å². The summed E-state index contributed by atoms with van der Waals surface area (Å²) in [6.07, 6.45) is 0. The topological polar surface area (TPSA) is 64.7 Å². The lowest BCUT2D eigenvalue weighted by molar-refractivity contribution is -0.116. The average Bonchev–Trinajstić information content (AvgIpc) is 2.75. The van der Waals surface area contributed by atoms with Crippen molar-refractivity contribution in [3.63, 3.8) is 0 Å². The molecular formula is C23H28N4O2S. The summed E-state index contributed by atoms with van der Waals surface area (Å²) in [6.45, 7) is 5.32. The lowest BCUT2D eigenvalue weighted by Crippen LogP contribution is -2.47. The van der Waals surface area contributed by atoms with Crippen LogP contribution in [0.15, 0.2) is 42.5 Å². The number of amides is 2. The van der Waals surface area contributed by atoms with Gasteiger partial charge in [-0.3, -0.25) is 9.59 Å². The van der Waals surface area contributed by atoms with E-state index < -0.39 is 0 Å². The first-order chi connectivity index (χ1) is 14.5. The zero-order valence-corrected chi connectivity index (χ0v) is 18.3. The zero-order chi connectivity index (χ0) is 21.1. The molecule has 1 atom stereocenters. The molecular weight excluding hydrogens is 396 g/mol. The van der Waals surface area contributed by atoms with Crippen molar-refractivity contribution in [1.29, 1.82) is 0 Å². The van der Waals surface area contributed by atoms with Crippen LogP contribution < -0.4 is 10.6 Å². The van der Waals surface area contributed by atoms with Gasteiger partial charge in [0.05, 0.1) is 11.4 Å². The number of fused-ring (bicyclic) bond motifs is 1. The highest BCUT2D eigenvalue weighted by molar-refractivity contribution is 7.98. The van der Waals surface area contributed by atoms with Crippen LogP contribution in [-0.2, 0) is 10.5 Å². The van der Waals surface area contributed by atoms with Crippen molar-refractivity contribution in [3.05, 3.63) is 59.2 Å². The lowest BCUT2D eigenvalue weighted by atomic mass is 10.1. The quantitative estimate of drug-likeness (QED) is 0.772. The van der Waals surface area contributed by atoms with E-state index in [-0.39, 0.29) is 17.9 Å². The number of aryl methyl sites for hydroxylation is 1. The van der Waals surface area contributed by atoms with E-state index in [0.717, 1.165) is 37.6 Å². The second-order valence-electron chi connectivity index (χ2n) is 8.04. The van der Waals surface area contributed by atoms with Gasteiger partial charge in [0.1, 0.15) is 6.04 Å². The molecule has 4 rings (SSSR count). The van der Waals surface area contributed by atoms with Crippen LogP contribution >= 0.6 is 11.8 Å². The number of carbonyl (C=O) groups is 2. The Hall–Kier alpha value is -2.51. The van der Waals surface area contributed by atoms with Crippen molar-refractivity contribution in [2.75, 3.05) is 49.6 Å². The molecule has 2 amide bonds. The Balaban J connectivity index is 1.36. The first kappa shape index (κ1) is 20.8. The molecule has 30 heavy (non-hydrogen) atoms. The molecule has 7 heteroatoms. The van der Waals surface area contributed by atoms with E-state index in [1.165, 1.54) is 11.1 Å². The third-order valence-electron chi connectivity index (χ3n) is 5.63. The molecule has 2 aromatic rings. The Morgan fingerprint density at radius 1 is 1.07 bits per heavy atom. The van der Waals surface area contributed by atoms with Crippen LogP contribution in [0.3, 0.4) is 0 Å². The summed E-state index contributed by atoms with van der Waals surface area (Å²) in [6, 6.07) is 13.7. The highest BCUT2D eigenvalue weighted by Gasteiger charge is 2.27. The second kappa shape index (κ2) is 9.10. The Morgan fingerprint density at radius 3 is 2.53 bits per heavy atom. The smallest absolute Gasteiger partial charge is 0.254 e. The van der Waals surface area contributed by atoms with Crippen molar-refractivity contribution in [2.24, 2.45) is 0 Å². The first-order valence-corrected chi connectivity index (χ1v) is 11.5. The van der Waals surface area contributed by atoms with Gasteiger partial charge in [-0.1, -0.05) is 29.8 Å². The molecule has 2 heterocycles. The van der Waals surface area contributed by atoms with Gasteiger partial charge in [-0.05, 0) is 37.7 Å². The molecule has 0 radical (unpaired) electrons. The van der Waals surface area contributed by atoms with E-state index in [4.69, 9.17) is 0 Å². The van der Waals surface area contributed by atoms with Gasteiger partial charge in [0, 0.05) is 43.2 Å². The number of anilines is 2. The number of likely N-dealkylation sites (N-methyl/N-ethyl adjacent to an activating group) is 1. The number of piperazine rings is 1. The Morgan fingerprint density at radius 2 is 1.80 bits per heavy atom. The minimum atomic E-state index is -0.285. The van der Waals surface area contributed by atoms with E-state index in [9.17, 15) is 9.59 Å². The van der Waals surface area contributed by atoms with Crippen molar-refractivity contribution < 1.29 is 9.59 Å². The first-order valence-electron chi connectivity index (χ1n) is 10.3. The molecule has 2 aromatic carbocycles. The van der Waals surface area contributed by atoms with Crippen molar-refractivity contribution >= 4 is 35.0 Å². The number of hydrogen-bond donors (Lipinski definition) is 2. The fourth-order valence-corrected chi connectivity index (χ4v) is 4.68. The molecule has 0 saturated carbocycles. The maximum atomic E-state index is 12.8. The van der Waals surface area contributed by atoms with E-state index in [0.29, 0.717) is 17.0 Å². The molecule has 1 unspecified atom stereocenters. The Bertz CT molecular complexity index is 923. The normalized spacial score (nSPS) is 19.1. The van der Waals surface area contributed by atoms with Crippen LogP contribution in [0.4, 0.5) is 11.4 Å². The molecule has 0 aliphatic carbocycles. The average molecular weight is 425 g/mol. The monoisotopic (exact) mass is 424 g/mol. The van der Waals surface area contributed by atoms with Crippen LogP contribution in [0.25, 0.3) is 0 Å². The van der Waals surface area contributed by atoms with Gasteiger partial charge in [-0.2, -0.15) is 11.8 Å². The predicted molar refractivity (Wildman–Crippen MR) is 123 cm³/mol. The van der Waals surface area contributed by atoms with Crippen LogP contribution in [-0.4, -0.2) is 66.6 Å². The number of thioether (sulfide) groups is 1. The van der Waals surface area contributed by atoms with Gasteiger partial charge in [0.25, 0.3) is 5.91 Å². The molecule has 1 saturated heterocycles. The van der Waals surface area contributed by atoms with Gasteiger partial charge in [0.2, 0.25) is 5.91 Å². The van der Waals surface area contributed by atoms with Gasteiger partial charge < -0.3 is 20.4 Å². The Labute approximate surface area is 182 Å². The van der Waals surface area contributed by atoms with Crippen molar-refractivity contribution in [3.8, 4) is 0 Å². The summed E-state index contributed by atoms with van der Waals surface area (Å²) >= 11 is 1.74. The third-order valence-corrected chi connectivity index (χ3v) is 6.74. The number of hydrogen-bond acceptors (Lipinski definition) is 5. The highest BCUT2D eigenvalue weighted by atomic mass is 32.2.